The molecule has 4 nitrogen and oxygen atoms in total. The number of aliphatic hydroxyl groups is 1. The Morgan fingerprint density at radius 3 is 1.82 bits per heavy atom. The van der Waals surface area contributed by atoms with Crippen molar-refractivity contribution in [2.24, 2.45) is 0 Å². The zero-order valence-electron chi connectivity index (χ0n) is 14.7. The maximum Gasteiger partial charge on any atom is 0.276 e. The summed E-state index contributed by atoms with van der Waals surface area (Å²) >= 11 is 6.49. The van der Waals surface area contributed by atoms with Crippen LogP contribution in [0.5, 0.6) is 0 Å². The molecule has 0 saturated carbocycles. The summed E-state index contributed by atoms with van der Waals surface area (Å²) in [5, 5.41) is 11.1. The Balaban J connectivity index is 2.00. The molecule has 0 aliphatic carbocycles. The minimum Gasteiger partial charge on any atom is -0.369 e. The number of anilines is 1. The zero-order valence-corrected chi connectivity index (χ0v) is 15.5. The molecule has 5 heteroatoms. The van der Waals surface area contributed by atoms with Gasteiger partial charge < -0.3 is 5.11 Å². The van der Waals surface area contributed by atoms with Crippen molar-refractivity contribution in [2.75, 3.05) is 4.90 Å². The molecule has 28 heavy (non-hydrogen) atoms. The molecule has 1 N–H and O–H groups in total. The Morgan fingerprint density at radius 2 is 1.25 bits per heavy atom. The van der Waals surface area contributed by atoms with E-state index in [9.17, 15) is 14.7 Å². The zero-order chi connectivity index (χ0) is 19.7. The van der Waals surface area contributed by atoms with E-state index in [-0.39, 0.29) is 16.3 Å². The normalized spacial score (nSPS) is 19.9. The topological polar surface area (TPSA) is 57.6 Å². The van der Waals surface area contributed by atoms with E-state index in [1.165, 1.54) is 17.0 Å². The maximum absolute atomic E-state index is 13.6. The van der Waals surface area contributed by atoms with Crippen LogP contribution in [0.2, 0.25) is 0 Å². The summed E-state index contributed by atoms with van der Waals surface area (Å²) in [7, 11) is 0. The van der Waals surface area contributed by atoms with Crippen molar-refractivity contribution in [1.82, 2.24) is 0 Å². The van der Waals surface area contributed by atoms with E-state index in [1.54, 1.807) is 66.7 Å². The van der Waals surface area contributed by atoms with Crippen LogP contribution in [-0.2, 0) is 15.2 Å². The molecule has 0 radical (unpaired) electrons. The number of amides is 1. The molecule has 0 bridgehead atoms. The summed E-state index contributed by atoms with van der Waals surface area (Å²) in [5.74, 6) is -1.60. The van der Waals surface area contributed by atoms with Gasteiger partial charge in [-0.2, -0.15) is 0 Å². The van der Waals surface area contributed by atoms with Gasteiger partial charge in [0.1, 0.15) is 5.03 Å². The number of halogens is 1. The van der Waals surface area contributed by atoms with Gasteiger partial charge in [-0.25, -0.2) is 0 Å². The van der Waals surface area contributed by atoms with Crippen molar-refractivity contribution >= 4 is 34.7 Å². The SMILES string of the molecule is O=C1C(Cl)=C(c2ccccc2)N(c2ccccc2)C(=O)C1(O)c1ccccc1. The second kappa shape index (κ2) is 7.08. The predicted molar refractivity (Wildman–Crippen MR) is 108 cm³/mol. The number of hydrogen-bond donors (Lipinski definition) is 1. The van der Waals surface area contributed by atoms with Crippen LogP contribution in [0.15, 0.2) is 96.0 Å². The van der Waals surface area contributed by atoms with Crippen LogP contribution in [0, 0.1) is 0 Å². The van der Waals surface area contributed by atoms with Gasteiger partial charge in [-0.3, -0.25) is 14.5 Å². The number of Topliss-reactive ketones (excluding diaryl/α,β-unsaturated/α-hetero) is 1. The first-order chi connectivity index (χ1) is 13.5. The molecule has 0 aromatic heterocycles. The van der Waals surface area contributed by atoms with Gasteiger partial charge in [0, 0.05) is 16.8 Å². The predicted octanol–water partition coefficient (Wildman–Crippen LogP) is 4.10. The molecule has 1 heterocycles. The lowest BCUT2D eigenvalue weighted by Crippen LogP contribution is -2.55. The van der Waals surface area contributed by atoms with Crippen molar-refractivity contribution in [3.63, 3.8) is 0 Å². The summed E-state index contributed by atoms with van der Waals surface area (Å²) in [4.78, 5) is 28.0. The lowest BCUT2D eigenvalue weighted by molar-refractivity contribution is -0.149. The second-order valence-corrected chi connectivity index (χ2v) is 6.79. The first-order valence-electron chi connectivity index (χ1n) is 8.72. The van der Waals surface area contributed by atoms with Gasteiger partial charge in [0.2, 0.25) is 11.4 Å². The quantitative estimate of drug-likeness (QED) is 0.686. The highest BCUT2D eigenvalue weighted by Gasteiger charge is 2.54. The van der Waals surface area contributed by atoms with Crippen LogP contribution >= 0.6 is 11.6 Å². The highest BCUT2D eigenvalue weighted by molar-refractivity contribution is 6.52. The van der Waals surface area contributed by atoms with Crippen LogP contribution in [0.25, 0.3) is 5.70 Å². The van der Waals surface area contributed by atoms with Gasteiger partial charge in [-0.1, -0.05) is 90.5 Å². The molecule has 3 aromatic carbocycles. The molecule has 3 aromatic rings. The fourth-order valence-corrected chi connectivity index (χ4v) is 3.66. The highest BCUT2D eigenvalue weighted by atomic mass is 35.5. The van der Waals surface area contributed by atoms with E-state index >= 15 is 0 Å². The Bertz CT molecular complexity index is 1060. The molecule has 1 unspecified atom stereocenters. The molecular weight excluding hydrogens is 374 g/mol. The third-order valence-corrected chi connectivity index (χ3v) is 5.08. The highest BCUT2D eigenvalue weighted by Crippen LogP contribution is 2.42. The minimum atomic E-state index is -2.40. The van der Waals surface area contributed by atoms with E-state index in [2.05, 4.69) is 0 Å². The van der Waals surface area contributed by atoms with Crippen LogP contribution in [0.3, 0.4) is 0 Å². The van der Waals surface area contributed by atoms with Gasteiger partial charge in [0.25, 0.3) is 5.91 Å². The number of rotatable bonds is 3. The van der Waals surface area contributed by atoms with Crippen LogP contribution in [0.1, 0.15) is 11.1 Å². The molecule has 0 spiro atoms. The summed E-state index contributed by atoms with van der Waals surface area (Å²) in [5.41, 5.74) is -0.855. The van der Waals surface area contributed by atoms with E-state index < -0.39 is 17.3 Å². The fourth-order valence-electron chi connectivity index (χ4n) is 3.33. The molecule has 1 aliphatic rings. The summed E-state index contributed by atoms with van der Waals surface area (Å²) in [6.07, 6.45) is 0. The lowest BCUT2D eigenvalue weighted by atomic mass is 9.83. The molecule has 138 valence electrons. The number of nitrogens with zero attached hydrogens (tertiary/aromatic N) is 1. The van der Waals surface area contributed by atoms with Gasteiger partial charge >= 0.3 is 0 Å². The van der Waals surface area contributed by atoms with Crippen LogP contribution in [0.4, 0.5) is 5.69 Å². The third kappa shape index (κ3) is 2.74. The molecule has 0 fully saturated rings. The van der Waals surface area contributed by atoms with E-state index in [0.29, 0.717) is 11.3 Å². The smallest absolute Gasteiger partial charge is 0.276 e. The van der Waals surface area contributed by atoms with E-state index in [1.807, 2.05) is 12.1 Å². The van der Waals surface area contributed by atoms with Gasteiger partial charge in [-0.15, -0.1) is 0 Å². The minimum absolute atomic E-state index is 0.177. The lowest BCUT2D eigenvalue weighted by Gasteiger charge is -2.38. The van der Waals surface area contributed by atoms with Crippen LogP contribution in [-0.4, -0.2) is 16.8 Å². The maximum atomic E-state index is 13.6. The molecule has 1 amide bonds. The largest absolute Gasteiger partial charge is 0.369 e. The van der Waals surface area contributed by atoms with Gasteiger partial charge in [-0.05, 0) is 12.1 Å². The Kier molecular flexibility index (Phi) is 4.59. The summed E-state index contributed by atoms with van der Waals surface area (Å²) in [6, 6.07) is 25.9. The van der Waals surface area contributed by atoms with E-state index in [0.717, 1.165) is 0 Å². The monoisotopic (exact) mass is 389 g/mol. The van der Waals surface area contributed by atoms with Crippen molar-refractivity contribution < 1.29 is 14.7 Å². The summed E-state index contributed by atoms with van der Waals surface area (Å²) in [6.45, 7) is 0. The van der Waals surface area contributed by atoms with Crippen molar-refractivity contribution in [2.45, 2.75) is 5.60 Å². The van der Waals surface area contributed by atoms with Crippen molar-refractivity contribution in [3.05, 3.63) is 107 Å². The number of ketones is 1. The fraction of sp³-hybridized carbons (Fsp3) is 0.0435. The van der Waals surface area contributed by atoms with Gasteiger partial charge in [0.15, 0.2) is 0 Å². The molecule has 4 rings (SSSR count). The standard InChI is InChI=1S/C23H16ClNO3/c24-19-20(16-10-4-1-5-11-16)25(18-14-8-3-9-15-18)22(27)23(28,21(19)26)17-12-6-2-7-13-17/h1-15,28H. The van der Waals surface area contributed by atoms with Crippen LogP contribution < -0.4 is 4.90 Å². The number of benzene rings is 3. The number of carbonyl (C=O) groups excluding carboxylic acids is 2. The van der Waals surface area contributed by atoms with Crippen molar-refractivity contribution in [3.8, 4) is 0 Å². The van der Waals surface area contributed by atoms with Crippen molar-refractivity contribution in [1.29, 1.82) is 0 Å². The summed E-state index contributed by atoms with van der Waals surface area (Å²) < 4.78 is 0. The Hall–Kier alpha value is -3.21. The second-order valence-electron chi connectivity index (χ2n) is 6.41. The first-order valence-corrected chi connectivity index (χ1v) is 9.10. The Labute approximate surface area is 167 Å². The van der Waals surface area contributed by atoms with E-state index in [4.69, 9.17) is 11.6 Å². The molecule has 0 saturated heterocycles. The first kappa shape index (κ1) is 18.2. The Morgan fingerprint density at radius 1 is 0.750 bits per heavy atom. The average Bonchev–Trinajstić information content (AvgIpc) is 2.76. The molecular formula is C23H16ClNO3. The molecule has 1 atom stereocenters. The molecule has 1 aliphatic heterocycles. The third-order valence-electron chi connectivity index (χ3n) is 4.73. The number of hydrogen-bond acceptors (Lipinski definition) is 3. The number of carbonyl (C=O) groups is 2. The average molecular weight is 390 g/mol. The number of para-hydroxylation sites is 1. The van der Waals surface area contributed by atoms with Gasteiger partial charge in [0.05, 0.1) is 5.70 Å².